The van der Waals surface area contributed by atoms with Crippen LogP contribution in [0.1, 0.15) is 22.8 Å². The molecular formula is C9H12N2O2S. The summed E-state index contributed by atoms with van der Waals surface area (Å²) in [5.74, 6) is -0.790. The zero-order valence-electron chi connectivity index (χ0n) is 8.03. The topological polar surface area (TPSA) is 72.2 Å². The highest BCUT2D eigenvalue weighted by Crippen LogP contribution is 2.13. The Morgan fingerprint density at radius 3 is 2.57 bits per heavy atom. The van der Waals surface area contributed by atoms with Gasteiger partial charge in [-0.2, -0.15) is 11.3 Å². The molecule has 1 atom stereocenters. The van der Waals surface area contributed by atoms with Gasteiger partial charge in [-0.3, -0.25) is 9.59 Å². The summed E-state index contributed by atoms with van der Waals surface area (Å²) < 4.78 is 0. The van der Waals surface area contributed by atoms with E-state index >= 15 is 0 Å². The van der Waals surface area contributed by atoms with E-state index in [2.05, 4.69) is 5.32 Å². The number of hydrogen-bond acceptors (Lipinski definition) is 3. The quantitative estimate of drug-likeness (QED) is 0.772. The van der Waals surface area contributed by atoms with Gasteiger partial charge in [-0.15, -0.1) is 0 Å². The van der Waals surface area contributed by atoms with Gasteiger partial charge in [-0.05, 0) is 24.8 Å². The maximum atomic E-state index is 11.5. The molecule has 0 aromatic carbocycles. The Morgan fingerprint density at radius 2 is 2.14 bits per heavy atom. The van der Waals surface area contributed by atoms with Crippen molar-refractivity contribution < 1.29 is 9.59 Å². The normalized spacial score (nSPS) is 12.1. The molecule has 1 heterocycles. The predicted octanol–water partition coefficient (Wildman–Crippen LogP) is 0.660. The number of hydrogen-bond donors (Lipinski definition) is 2. The van der Waals surface area contributed by atoms with Gasteiger partial charge < -0.3 is 11.1 Å². The molecule has 3 N–H and O–H groups in total. The molecule has 0 bridgehead atoms. The van der Waals surface area contributed by atoms with Crippen LogP contribution < -0.4 is 11.1 Å². The van der Waals surface area contributed by atoms with E-state index in [-0.39, 0.29) is 5.91 Å². The van der Waals surface area contributed by atoms with Gasteiger partial charge >= 0.3 is 0 Å². The van der Waals surface area contributed by atoms with Gasteiger partial charge in [-0.25, -0.2) is 0 Å². The molecule has 0 aliphatic carbocycles. The number of carbonyl (C=O) groups is 2. The van der Waals surface area contributed by atoms with Gasteiger partial charge in [0.2, 0.25) is 5.91 Å². The molecule has 1 aromatic heterocycles. The zero-order valence-corrected chi connectivity index (χ0v) is 8.85. The number of amides is 2. The van der Waals surface area contributed by atoms with Crippen LogP contribution in [0.15, 0.2) is 10.8 Å². The van der Waals surface area contributed by atoms with E-state index in [4.69, 9.17) is 5.73 Å². The summed E-state index contributed by atoms with van der Waals surface area (Å²) in [5.41, 5.74) is 6.53. The predicted molar refractivity (Wildman–Crippen MR) is 55.2 cm³/mol. The molecule has 1 rings (SSSR count). The van der Waals surface area contributed by atoms with Crippen LogP contribution in [0.4, 0.5) is 0 Å². The Hall–Kier alpha value is -1.36. The molecule has 0 saturated heterocycles. The molecule has 0 spiro atoms. The van der Waals surface area contributed by atoms with Gasteiger partial charge in [0.15, 0.2) is 0 Å². The van der Waals surface area contributed by atoms with E-state index in [9.17, 15) is 9.59 Å². The lowest BCUT2D eigenvalue weighted by Crippen LogP contribution is -2.42. The maximum Gasteiger partial charge on any atom is 0.253 e. The third kappa shape index (κ3) is 2.32. The van der Waals surface area contributed by atoms with Crippen molar-refractivity contribution in [2.45, 2.75) is 19.9 Å². The highest BCUT2D eigenvalue weighted by molar-refractivity contribution is 7.08. The fraction of sp³-hybridized carbons (Fsp3) is 0.333. The van der Waals surface area contributed by atoms with E-state index in [1.165, 1.54) is 11.3 Å². The van der Waals surface area contributed by atoms with Crippen molar-refractivity contribution in [3.63, 3.8) is 0 Å². The number of nitrogens with one attached hydrogen (secondary N) is 1. The first-order chi connectivity index (χ1) is 6.52. The number of primary amides is 1. The summed E-state index contributed by atoms with van der Waals surface area (Å²) in [5, 5.41) is 6.14. The number of carbonyl (C=O) groups excluding carboxylic acids is 2. The van der Waals surface area contributed by atoms with Crippen molar-refractivity contribution in [2.24, 2.45) is 5.73 Å². The van der Waals surface area contributed by atoms with Crippen molar-refractivity contribution in [1.82, 2.24) is 5.32 Å². The summed E-state index contributed by atoms with van der Waals surface area (Å²) in [6, 6.07) is -0.637. The van der Waals surface area contributed by atoms with Crippen LogP contribution in [0.3, 0.4) is 0 Å². The molecule has 0 aliphatic heterocycles. The van der Waals surface area contributed by atoms with Crippen molar-refractivity contribution in [3.05, 3.63) is 21.9 Å². The molecule has 0 unspecified atom stereocenters. The molecule has 2 amide bonds. The standard InChI is InChI=1S/C9H12N2O2S/c1-5-3-14-4-7(5)9(13)11-6(2)8(10)12/h3-4,6H,1-2H3,(H2,10,12)(H,11,13)/t6-/m0/s1. The average Bonchev–Trinajstić information content (AvgIpc) is 2.51. The number of nitrogens with two attached hydrogens (primary N) is 1. The Bertz CT molecular complexity index is 359. The minimum absolute atomic E-state index is 0.255. The summed E-state index contributed by atoms with van der Waals surface area (Å²) in [6.07, 6.45) is 0. The Balaban J connectivity index is 2.69. The van der Waals surface area contributed by atoms with Crippen molar-refractivity contribution in [2.75, 3.05) is 0 Å². The first kappa shape index (κ1) is 10.7. The molecule has 5 heteroatoms. The summed E-state index contributed by atoms with van der Waals surface area (Å²) >= 11 is 1.45. The number of thiophene rings is 1. The second kappa shape index (κ2) is 4.23. The van der Waals surface area contributed by atoms with E-state index in [0.717, 1.165) is 5.56 Å². The van der Waals surface area contributed by atoms with Crippen LogP contribution in [0.5, 0.6) is 0 Å². The van der Waals surface area contributed by atoms with Gasteiger partial charge in [0, 0.05) is 5.38 Å². The maximum absolute atomic E-state index is 11.5. The molecule has 0 saturated carbocycles. The molecule has 4 nitrogen and oxygen atoms in total. The molecule has 0 fully saturated rings. The van der Waals surface area contributed by atoms with Crippen LogP contribution in [0.2, 0.25) is 0 Å². The summed E-state index contributed by atoms with van der Waals surface area (Å²) in [4.78, 5) is 22.2. The first-order valence-corrected chi connectivity index (χ1v) is 5.09. The Kier molecular flexibility index (Phi) is 3.24. The SMILES string of the molecule is Cc1cscc1C(=O)N[C@@H](C)C(N)=O. The third-order valence-corrected chi connectivity index (χ3v) is 2.74. The monoisotopic (exact) mass is 212 g/mol. The zero-order chi connectivity index (χ0) is 10.7. The first-order valence-electron chi connectivity index (χ1n) is 4.15. The third-order valence-electron chi connectivity index (χ3n) is 1.87. The molecule has 76 valence electrons. The summed E-state index contributed by atoms with van der Waals surface area (Å²) in [6.45, 7) is 3.41. The average molecular weight is 212 g/mol. The number of aryl methyl sites for hydroxylation is 1. The Labute approximate surface area is 86.1 Å². The van der Waals surface area contributed by atoms with E-state index in [1.54, 1.807) is 12.3 Å². The second-order valence-corrected chi connectivity index (χ2v) is 3.81. The minimum atomic E-state index is -0.637. The van der Waals surface area contributed by atoms with Crippen molar-refractivity contribution in [3.8, 4) is 0 Å². The molecule has 0 radical (unpaired) electrons. The van der Waals surface area contributed by atoms with Crippen molar-refractivity contribution in [1.29, 1.82) is 0 Å². The minimum Gasteiger partial charge on any atom is -0.368 e. The molecular weight excluding hydrogens is 200 g/mol. The van der Waals surface area contributed by atoms with Gasteiger partial charge in [-0.1, -0.05) is 0 Å². The van der Waals surface area contributed by atoms with Crippen LogP contribution in [-0.2, 0) is 4.79 Å². The smallest absolute Gasteiger partial charge is 0.253 e. The summed E-state index contributed by atoms with van der Waals surface area (Å²) in [7, 11) is 0. The van der Waals surface area contributed by atoms with Gasteiger partial charge in [0.25, 0.3) is 5.91 Å². The van der Waals surface area contributed by atoms with Crippen LogP contribution in [0.25, 0.3) is 0 Å². The lowest BCUT2D eigenvalue weighted by atomic mass is 10.2. The molecule has 1 aromatic rings. The Morgan fingerprint density at radius 1 is 1.50 bits per heavy atom. The van der Waals surface area contributed by atoms with E-state index in [1.807, 2.05) is 12.3 Å². The lowest BCUT2D eigenvalue weighted by molar-refractivity contribution is -0.119. The van der Waals surface area contributed by atoms with Crippen molar-refractivity contribution >= 4 is 23.2 Å². The van der Waals surface area contributed by atoms with Gasteiger partial charge in [0.05, 0.1) is 5.56 Å². The molecule has 14 heavy (non-hydrogen) atoms. The number of rotatable bonds is 3. The highest BCUT2D eigenvalue weighted by Gasteiger charge is 2.15. The molecule has 0 aliphatic rings. The van der Waals surface area contributed by atoms with Crippen LogP contribution >= 0.6 is 11.3 Å². The van der Waals surface area contributed by atoms with Crippen LogP contribution in [0, 0.1) is 6.92 Å². The fourth-order valence-corrected chi connectivity index (χ4v) is 1.77. The van der Waals surface area contributed by atoms with E-state index in [0.29, 0.717) is 5.56 Å². The largest absolute Gasteiger partial charge is 0.368 e. The lowest BCUT2D eigenvalue weighted by Gasteiger charge is -2.09. The second-order valence-electron chi connectivity index (χ2n) is 3.07. The fourth-order valence-electron chi connectivity index (χ4n) is 0.939. The highest BCUT2D eigenvalue weighted by atomic mass is 32.1. The van der Waals surface area contributed by atoms with Gasteiger partial charge in [0.1, 0.15) is 6.04 Å². The van der Waals surface area contributed by atoms with E-state index < -0.39 is 11.9 Å². The van der Waals surface area contributed by atoms with Crippen LogP contribution in [-0.4, -0.2) is 17.9 Å².